The fraction of sp³-hybridized carbons (Fsp3) is 0.947. The van der Waals surface area contributed by atoms with Gasteiger partial charge < -0.3 is 25.6 Å². The van der Waals surface area contributed by atoms with E-state index in [0.717, 1.165) is 57.9 Å². The van der Waals surface area contributed by atoms with Gasteiger partial charge in [-0.1, -0.05) is 12.8 Å². The van der Waals surface area contributed by atoms with E-state index in [9.17, 15) is 9.90 Å². The number of ether oxygens (including phenoxy) is 1. The minimum absolute atomic E-state index is 0.126. The molecule has 1 aliphatic heterocycles. The number of hydrogen-bond acceptors (Lipinski definition) is 5. The average Bonchev–Trinajstić information content (AvgIpc) is 2.66. The molecule has 0 aromatic carbocycles. The molecule has 2 aliphatic carbocycles. The number of halogens is 1. The lowest BCUT2D eigenvalue weighted by atomic mass is 9.75. The van der Waals surface area contributed by atoms with Crippen molar-refractivity contribution in [3.05, 3.63) is 0 Å². The smallest absolute Gasteiger partial charge is 0.310 e. The van der Waals surface area contributed by atoms with Crippen molar-refractivity contribution in [2.45, 2.75) is 81.0 Å². The van der Waals surface area contributed by atoms with E-state index in [1.54, 1.807) is 0 Å². The van der Waals surface area contributed by atoms with Crippen LogP contribution in [0.1, 0.15) is 51.4 Å². The Morgan fingerprint density at radius 1 is 1.19 bits per heavy atom. The summed E-state index contributed by atoms with van der Waals surface area (Å²) < 4.78 is 5.26. The summed E-state index contributed by atoms with van der Waals surface area (Å²) in [5.74, 6) is 0.245. The maximum absolute atomic E-state index is 12.5. The second-order valence-electron chi connectivity index (χ2n) is 8.29. The van der Waals surface area contributed by atoms with Crippen LogP contribution in [0, 0.1) is 11.8 Å². The third-order valence-corrected chi connectivity index (χ3v) is 6.88. The maximum atomic E-state index is 12.5. The Balaban J connectivity index is 1.58. The number of piperidine rings is 1. The molecule has 3 fully saturated rings. The zero-order valence-electron chi connectivity index (χ0n) is 15.5. The first kappa shape index (κ1) is 20.3. The predicted molar refractivity (Wildman–Crippen MR) is 98.9 cm³/mol. The summed E-state index contributed by atoms with van der Waals surface area (Å²) in [5.41, 5.74) is 0. The van der Waals surface area contributed by atoms with Crippen LogP contribution in [0.25, 0.3) is 0 Å². The Morgan fingerprint density at radius 2 is 2.00 bits per heavy atom. The predicted octanol–water partition coefficient (Wildman–Crippen LogP) is 0.143. The highest BCUT2D eigenvalue weighted by Gasteiger charge is 2.42. The maximum Gasteiger partial charge on any atom is 0.310 e. The molecule has 3 rings (SSSR count). The molecule has 0 aromatic rings. The molecule has 7 atom stereocenters. The lowest BCUT2D eigenvalue weighted by molar-refractivity contribution is -0.708. The number of carbonyl (C=O) groups excluding carboxylic acids is 1. The Hall–Kier alpha value is -0.400. The molecule has 1 heterocycles. The molecule has 6 nitrogen and oxygen atoms in total. The Morgan fingerprint density at radius 3 is 2.81 bits per heavy atom. The number of fused-ring (bicyclic) bond motifs is 1. The molecule has 0 amide bonds. The molecule has 0 bridgehead atoms. The van der Waals surface area contributed by atoms with Crippen LogP contribution >= 0.6 is 11.6 Å². The first-order valence-electron chi connectivity index (χ1n) is 10.3. The van der Waals surface area contributed by atoms with Gasteiger partial charge in [-0.3, -0.25) is 4.79 Å². The van der Waals surface area contributed by atoms with Gasteiger partial charge >= 0.3 is 5.97 Å². The van der Waals surface area contributed by atoms with Crippen LogP contribution in [0.4, 0.5) is 0 Å². The lowest BCUT2D eigenvalue weighted by Crippen LogP contribution is -2.95. The number of esters is 1. The van der Waals surface area contributed by atoms with Gasteiger partial charge in [0.1, 0.15) is 12.7 Å². The standard InChI is InChI=1S/C19H33ClN2O4/c20-12-5-6-14-17(7-8-21-18(14)9-12)22-16-4-2-1-3-15(16)19(25)26-11-13(24)10-23/h12-18,21-24H,1-11H2/p+1/t12?,13-,14?,15?,16?,17?,18?/m0/s1. The van der Waals surface area contributed by atoms with E-state index in [-0.39, 0.29) is 31.1 Å². The molecule has 0 aromatic heterocycles. The number of carbonyl (C=O) groups is 1. The summed E-state index contributed by atoms with van der Waals surface area (Å²) >= 11 is 6.37. The third-order valence-electron chi connectivity index (χ3n) is 6.48. The van der Waals surface area contributed by atoms with Gasteiger partial charge in [-0.05, 0) is 25.7 Å². The van der Waals surface area contributed by atoms with Crippen LogP contribution in [0.5, 0.6) is 0 Å². The van der Waals surface area contributed by atoms with Gasteiger partial charge in [-0.15, -0.1) is 11.6 Å². The summed E-state index contributed by atoms with van der Waals surface area (Å²) in [6.07, 6.45) is 7.49. The van der Waals surface area contributed by atoms with Crippen molar-refractivity contribution in [1.82, 2.24) is 5.32 Å². The molecular weight excluding hydrogens is 356 g/mol. The largest absolute Gasteiger partial charge is 0.463 e. The molecule has 0 radical (unpaired) electrons. The van der Waals surface area contributed by atoms with E-state index in [1.165, 1.54) is 0 Å². The number of quaternary nitrogens is 1. The van der Waals surface area contributed by atoms with Gasteiger partial charge in [-0.2, -0.15) is 0 Å². The fourth-order valence-corrected chi connectivity index (χ4v) is 5.41. The second kappa shape index (κ2) is 9.69. The number of alkyl halides is 1. The van der Waals surface area contributed by atoms with Crippen molar-refractivity contribution < 1.29 is 25.1 Å². The summed E-state index contributed by atoms with van der Waals surface area (Å²) in [4.78, 5) is 12.5. The van der Waals surface area contributed by atoms with Gasteiger partial charge in [0.25, 0.3) is 0 Å². The number of nitrogens with two attached hydrogens (primary N) is 1. The molecular formula is C19H34ClN2O4+. The minimum atomic E-state index is -0.991. The van der Waals surface area contributed by atoms with Crippen LogP contribution in [0.2, 0.25) is 0 Å². The first-order chi connectivity index (χ1) is 12.6. The quantitative estimate of drug-likeness (QED) is 0.383. The molecule has 1 saturated heterocycles. The zero-order chi connectivity index (χ0) is 18.5. The SMILES string of the molecule is O=C(OC[C@@H](O)CO)C1CCCCC1NC1CC[NH2+]C2CC(Cl)CCC12. The molecule has 150 valence electrons. The van der Waals surface area contributed by atoms with Gasteiger partial charge in [0.05, 0.1) is 25.1 Å². The van der Waals surface area contributed by atoms with Crippen LogP contribution in [0.15, 0.2) is 0 Å². The lowest BCUT2D eigenvalue weighted by Gasteiger charge is -2.43. The van der Waals surface area contributed by atoms with Crippen molar-refractivity contribution in [2.24, 2.45) is 11.8 Å². The Bertz CT molecular complexity index is 467. The highest BCUT2D eigenvalue weighted by Crippen LogP contribution is 2.33. The van der Waals surface area contributed by atoms with Crippen molar-refractivity contribution in [2.75, 3.05) is 19.8 Å². The third kappa shape index (κ3) is 5.10. The van der Waals surface area contributed by atoms with Gasteiger partial charge in [0.15, 0.2) is 0 Å². The number of nitrogens with one attached hydrogen (secondary N) is 1. The second-order valence-corrected chi connectivity index (χ2v) is 8.91. The first-order valence-corrected chi connectivity index (χ1v) is 10.7. The minimum Gasteiger partial charge on any atom is -0.463 e. The van der Waals surface area contributed by atoms with Crippen LogP contribution in [-0.4, -0.2) is 65.5 Å². The van der Waals surface area contributed by atoms with E-state index in [2.05, 4.69) is 10.6 Å². The molecule has 26 heavy (non-hydrogen) atoms. The Kier molecular flexibility index (Phi) is 7.58. The van der Waals surface area contributed by atoms with Gasteiger partial charge in [-0.25, -0.2) is 0 Å². The van der Waals surface area contributed by atoms with E-state index in [4.69, 9.17) is 21.4 Å². The van der Waals surface area contributed by atoms with E-state index < -0.39 is 6.10 Å². The molecule has 0 spiro atoms. The zero-order valence-corrected chi connectivity index (χ0v) is 16.2. The molecule has 6 unspecified atom stereocenters. The van der Waals surface area contributed by atoms with Crippen LogP contribution in [0.3, 0.4) is 0 Å². The topological polar surface area (TPSA) is 95.4 Å². The average molecular weight is 390 g/mol. The molecule has 3 aliphatic rings. The van der Waals surface area contributed by atoms with E-state index in [1.807, 2.05) is 0 Å². The molecule has 5 N–H and O–H groups in total. The number of aliphatic hydroxyl groups is 2. The van der Waals surface area contributed by atoms with Crippen molar-refractivity contribution >= 4 is 17.6 Å². The van der Waals surface area contributed by atoms with Crippen molar-refractivity contribution in [1.29, 1.82) is 0 Å². The molecule has 7 heteroatoms. The van der Waals surface area contributed by atoms with Gasteiger partial charge in [0.2, 0.25) is 0 Å². The van der Waals surface area contributed by atoms with E-state index in [0.29, 0.717) is 23.4 Å². The molecule has 2 saturated carbocycles. The van der Waals surface area contributed by atoms with E-state index >= 15 is 0 Å². The number of aliphatic hydroxyl groups excluding tert-OH is 2. The van der Waals surface area contributed by atoms with Crippen LogP contribution < -0.4 is 10.6 Å². The monoisotopic (exact) mass is 389 g/mol. The summed E-state index contributed by atoms with van der Waals surface area (Å²) in [7, 11) is 0. The van der Waals surface area contributed by atoms with Gasteiger partial charge in [0, 0.05) is 36.2 Å². The summed E-state index contributed by atoms with van der Waals surface area (Å²) in [5, 5.41) is 24.9. The highest BCUT2D eigenvalue weighted by atomic mass is 35.5. The number of rotatable bonds is 6. The fourth-order valence-electron chi connectivity index (χ4n) is 5.08. The van der Waals surface area contributed by atoms with Crippen LogP contribution in [-0.2, 0) is 9.53 Å². The highest BCUT2D eigenvalue weighted by molar-refractivity contribution is 6.20. The normalized spacial score (nSPS) is 39.0. The Labute approximate surface area is 161 Å². The summed E-state index contributed by atoms with van der Waals surface area (Å²) in [6, 6.07) is 1.21. The number of hydrogen-bond donors (Lipinski definition) is 4. The van der Waals surface area contributed by atoms with Crippen molar-refractivity contribution in [3.63, 3.8) is 0 Å². The summed E-state index contributed by atoms with van der Waals surface area (Å²) in [6.45, 7) is 0.606. The van der Waals surface area contributed by atoms with Crippen molar-refractivity contribution in [3.8, 4) is 0 Å².